The molecule has 0 heterocycles. The Morgan fingerprint density at radius 2 is 1.79 bits per heavy atom. The van der Waals surface area contributed by atoms with Gasteiger partial charge in [-0.05, 0) is 5.92 Å². The minimum absolute atomic E-state index is 0.250. The van der Waals surface area contributed by atoms with Gasteiger partial charge in [0.2, 0.25) is 0 Å². The van der Waals surface area contributed by atoms with E-state index in [4.69, 9.17) is 5.73 Å². The first-order valence-corrected chi connectivity index (χ1v) is 5.35. The first-order chi connectivity index (χ1) is 6.65. The van der Waals surface area contributed by atoms with E-state index in [1.54, 1.807) is 0 Å². The number of nitrogens with two attached hydrogens (primary N) is 1. The van der Waals surface area contributed by atoms with Crippen LogP contribution in [-0.4, -0.2) is 30.6 Å². The van der Waals surface area contributed by atoms with Crippen LogP contribution in [0.15, 0.2) is 25.3 Å². The van der Waals surface area contributed by atoms with Gasteiger partial charge in [0, 0.05) is 25.7 Å². The van der Waals surface area contributed by atoms with Gasteiger partial charge in [0.15, 0.2) is 0 Å². The molecule has 2 heteroatoms. The quantitative estimate of drug-likeness (QED) is 0.602. The van der Waals surface area contributed by atoms with E-state index in [-0.39, 0.29) is 6.04 Å². The maximum absolute atomic E-state index is 6.08. The van der Waals surface area contributed by atoms with Crippen LogP contribution in [0.25, 0.3) is 0 Å². The van der Waals surface area contributed by atoms with Crippen molar-refractivity contribution in [2.24, 2.45) is 11.7 Å². The molecule has 0 amide bonds. The maximum Gasteiger partial charge on any atom is 0.0193 e. The summed E-state index contributed by atoms with van der Waals surface area (Å²) in [6.07, 6.45) is 4.96. The van der Waals surface area contributed by atoms with Crippen molar-refractivity contribution in [3.8, 4) is 0 Å². The lowest BCUT2D eigenvalue weighted by Crippen LogP contribution is -2.41. The molecule has 0 aromatic rings. The minimum Gasteiger partial charge on any atom is -0.326 e. The molecule has 2 nitrogen and oxygen atoms in total. The largest absolute Gasteiger partial charge is 0.326 e. The molecule has 0 aromatic carbocycles. The monoisotopic (exact) mass is 196 g/mol. The Hall–Kier alpha value is -0.600. The van der Waals surface area contributed by atoms with Crippen molar-refractivity contribution in [3.05, 3.63) is 25.3 Å². The fraction of sp³-hybridized carbons (Fsp3) is 0.667. The molecular weight excluding hydrogens is 172 g/mol. The van der Waals surface area contributed by atoms with E-state index in [1.165, 1.54) is 0 Å². The Morgan fingerprint density at radius 1 is 1.29 bits per heavy atom. The average molecular weight is 196 g/mol. The predicted octanol–water partition coefficient (Wildman–Crippen LogP) is 2.03. The third-order valence-electron chi connectivity index (χ3n) is 2.62. The second-order valence-corrected chi connectivity index (χ2v) is 3.85. The van der Waals surface area contributed by atoms with E-state index in [9.17, 15) is 0 Å². The van der Waals surface area contributed by atoms with Crippen molar-refractivity contribution < 1.29 is 0 Å². The highest BCUT2D eigenvalue weighted by Gasteiger charge is 2.13. The van der Waals surface area contributed by atoms with Gasteiger partial charge < -0.3 is 5.73 Å². The van der Waals surface area contributed by atoms with Crippen LogP contribution >= 0.6 is 0 Å². The van der Waals surface area contributed by atoms with Crippen molar-refractivity contribution in [1.82, 2.24) is 4.90 Å². The summed E-state index contributed by atoms with van der Waals surface area (Å²) in [4.78, 5) is 2.26. The molecule has 0 aliphatic carbocycles. The molecule has 14 heavy (non-hydrogen) atoms. The summed E-state index contributed by atoms with van der Waals surface area (Å²) in [5.41, 5.74) is 6.08. The molecule has 0 bridgehead atoms. The van der Waals surface area contributed by atoms with Crippen molar-refractivity contribution in [1.29, 1.82) is 0 Å². The van der Waals surface area contributed by atoms with Crippen LogP contribution in [0.1, 0.15) is 20.3 Å². The van der Waals surface area contributed by atoms with Gasteiger partial charge in [-0.3, -0.25) is 4.90 Å². The summed E-state index contributed by atoms with van der Waals surface area (Å²) in [5, 5.41) is 0. The first-order valence-electron chi connectivity index (χ1n) is 5.35. The summed E-state index contributed by atoms with van der Waals surface area (Å²) >= 11 is 0. The van der Waals surface area contributed by atoms with Gasteiger partial charge in [-0.25, -0.2) is 0 Å². The average Bonchev–Trinajstić information content (AvgIpc) is 2.17. The van der Waals surface area contributed by atoms with Crippen LogP contribution < -0.4 is 5.73 Å². The number of rotatable bonds is 8. The Morgan fingerprint density at radius 3 is 2.14 bits per heavy atom. The fourth-order valence-electron chi connectivity index (χ4n) is 1.37. The van der Waals surface area contributed by atoms with Gasteiger partial charge in [-0.1, -0.05) is 32.4 Å². The molecule has 0 aromatic heterocycles. The van der Waals surface area contributed by atoms with Crippen molar-refractivity contribution in [2.45, 2.75) is 26.3 Å². The van der Waals surface area contributed by atoms with Crippen LogP contribution in [0.3, 0.4) is 0 Å². The first kappa shape index (κ1) is 13.4. The highest BCUT2D eigenvalue weighted by molar-refractivity contribution is 4.83. The molecule has 0 aliphatic heterocycles. The van der Waals surface area contributed by atoms with Crippen LogP contribution in [-0.2, 0) is 0 Å². The van der Waals surface area contributed by atoms with Gasteiger partial charge in [-0.15, -0.1) is 13.2 Å². The van der Waals surface area contributed by atoms with Crippen LogP contribution in [0.2, 0.25) is 0 Å². The molecule has 0 radical (unpaired) electrons. The number of hydrogen-bond donors (Lipinski definition) is 1. The lowest BCUT2D eigenvalue weighted by atomic mass is 9.99. The summed E-state index contributed by atoms with van der Waals surface area (Å²) in [6, 6.07) is 0.250. The Labute approximate surface area is 88.5 Å². The summed E-state index contributed by atoms with van der Waals surface area (Å²) < 4.78 is 0. The van der Waals surface area contributed by atoms with E-state index < -0.39 is 0 Å². The minimum atomic E-state index is 0.250. The Kier molecular flexibility index (Phi) is 7.44. The highest BCUT2D eigenvalue weighted by Crippen LogP contribution is 2.06. The van der Waals surface area contributed by atoms with Gasteiger partial charge >= 0.3 is 0 Å². The molecule has 0 aliphatic rings. The molecular formula is C12H24N2. The molecule has 0 spiro atoms. The smallest absolute Gasteiger partial charge is 0.0193 e. The third-order valence-corrected chi connectivity index (χ3v) is 2.62. The van der Waals surface area contributed by atoms with Crippen LogP contribution in [0.5, 0.6) is 0 Å². The lowest BCUT2D eigenvalue weighted by molar-refractivity contribution is 0.273. The Balaban J connectivity index is 3.99. The van der Waals surface area contributed by atoms with Crippen LogP contribution in [0.4, 0.5) is 0 Å². The van der Waals surface area contributed by atoms with Gasteiger partial charge in [0.05, 0.1) is 0 Å². The van der Waals surface area contributed by atoms with E-state index in [2.05, 4.69) is 31.9 Å². The number of hydrogen-bond acceptors (Lipinski definition) is 2. The molecule has 0 rings (SSSR count). The Bertz CT molecular complexity index is 156. The van der Waals surface area contributed by atoms with Crippen LogP contribution in [0, 0.1) is 5.92 Å². The molecule has 0 fully saturated rings. The van der Waals surface area contributed by atoms with Crippen molar-refractivity contribution in [2.75, 3.05) is 19.6 Å². The maximum atomic E-state index is 6.08. The van der Waals surface area contributed by atoms with Crippen molar-refractivity contribution >= 4 is 0 Å². The molecule has 0 unspecified atom stereocenters. The van der Waals surface area contributed by atoms with Gasteiger partial charge in [-0.2, -0.15) is 0 Å². The van der Waals surface area contributed by atoms with Crippen molar-refractivity contribution in [3.63, 3.8) is 0 Å². The summed E-state index contributed by atoms with van der Waals surface area (Å²) in [5.74, 6) is 0.576. The second-order valence-electron chi connectivity index (χ2n) is 3.85. The second kappa shape index (κ2) is 7.77. The van der Waals surface area contributed by atoms with E-state index in [0.29, 0.717) is 5.92 Å². The zero-order valence-corrected chi connectivity index (χ0v) is 9.58. The molecule has 82 valence electrons. The van der Waals surface area contributed by atoms with E-state index in [0.717, 1.165) is 26.1 Å². The molecule has 2 atom stereocenters. The predicted molar refractivity (Wildman–Crippen MR) is 64.3 cm³/mol. The van der Waals surface area contributed by atoms with E-state index in [1.807, 2.05) is 12.2 Å². The molecule has 0 saturated heterocycles. The zero-order chi connectivity index (χ0) is 11.0. The lowest BCUT2D eigenvalue weighted by Gasteiger charge is -2.26. The van der Waals surface area contributed by atoms with E-state index >= 15 is 0 Å². The summed E-state index contributed by atoms with van der Waals surface area (Å²) in [6.45, 7) is 14.5. The summed E-state index contributed by atoms with van der Waals surface area (Å²) in [7, 11) is 0. The van der Waals surface area contributed by atoms with Gasteiger partial charge in [0.25, 0.3) is 0 Å². The normalized spacial score (nSPS) is 15.1. The zero-order valence-electron chi connectivity index (χ0n) is 9.58. The fourth-order valence-corrected chi connectivity index (χ4v) is 1.37. The highest BCUT2D eigenvalue weighted by atomic mass is 15.1. The van der Waals surface area contributed by atoms with Gasteiger partial charge in [0.1, 0.15) is 0 Å². The number of nitrogens with zero attached hydrogens (tertiary/aromatic N) is 1. The SMILES string of the molecule is C=CCN(CC=C)C[C@@H](N)[C@@H](C)CC. The molecule has 2 N–H and O–H groups in total. The standard InChI is InChI=1S/C12H24N2/c1-5-8-14(9-6-2)10-12(13)11(4)7-3/h5-6,11-12H,1-2,7-10,13H2,3-4H3/t11-,12+/m0/s1. The molecule has 0 saturated carbocycles. The topological polar surface area (TPSA) is 29.3 Å². The third kappa shape index (κ3) is 5.20.